The molecule has 0 radical (unpaired) electrons. The first-order valence-electron chi connectivity index (χ1n) is 6.42. The van der Waals surface area contributed by atoms with E-state index in [1.807, 2.05) is 13.8 Å². The van der Waals surface area contributed by atoms with Crippen LogP contribution in [0.2, 0.25) is 0 Å². The van der Waals surface area contributed by atoms with E-state index in [1.54, 1.807) is 6.20 Å². The lowest BCUT2D eigenvalue weighted by Gasteiger charge is -2.14. The largest absolute Gasteiger partial charge is 0.473 e. The predicted molar refractivity (Wildman–Crippen MR) is 72.9 cm³/mol. The van der Waals surface area contributed by atoms with Crippen molar-refractivity contribution in [1.82, 2.24) is 9.97 Å². The molecule has 0 aliphatic heterocycles. The van der Waals surface area contributed by atoms with Crippen LogP contribution in [0.3, 0.4) is 0 Å². The zero-order chi connectivity index (χ0) is 13.8. The molecule has 0 unspecified atom stereocenters. The second kappa shape index (κ2) is 6.32. The number of halogens is 1. The van der Waals surface area contributed by atoms with Gasteiger partial charge in [0, 0.05) is 0 Å². The Balaban J connectivity index is 1.93. The van der Waals surface area contributed by atoms with Gasteiger partial charge in [0.1, 0.15) is 16.4 Å². The van der Waals surface area contributed by atoms with Gasteiger partial charge < -0.3 is 9.47 Å². The summed E-state index contributed by atoms with van der Waals surface area (Å²) in [5.41, 5.74) is 0.744. The number of carbonyl (C=O) groups is 1. The van der Waals surface area contributed by atoms with Crippen LogP contribution in [0.5, 0.6) is 5.88 Å². The van der Waals surface area contributed by atoms with Crippen LogP contribution in [-0.4, -0.2) is 28.6 Å². The minimum Gasteiger partial charge on any atom is -0.473 e. The number of rotatable bonds is 4. The first kappa shape index (κ1) is 14.2. The summed E-state index contributed by atoms with van der Waals surface area (Å²) in [7, 11) is 0. The maximum atomic E-state index is 11.6. The molecule has 6 heteroatoms. The average Bonchev–Trinajstić information content (AvgIpc) is 2.82. The SMILES string of the molecule is CCOC(=O)[C@H]1CC[C@H](Oc2ncc(Br)nc2C)C1. The maximum absolute atomic E-state index is 11.6. The van der Waals surface area contributed by atoms with Gasteiger partial charge in [0.25, 0.3) is 0 Å². The Hall–Kier alpha value is -1.17. The van der Waals surface area contributed by atoms with Crippen molar-refractivity contribution in [2.75, 3.05) is 6.61 Å². The Kier molecular flexibility index (Phi) is 4.74. The minimum absolute atomic E-state index is 0.0172. The second-order valence-corrected chi connectivity index (χ2v) is 5.40. The Bertz CT molecular complexity index is 467. The van der Waals surface area contributed by atoms with Gasteiger partial charge in [0.2, 0.25) is 5.88 Å². The maximum Gasteiger partial charge on any atom is 0.309 e. The summed E-state index contributed by atoms with van der Waals surface area (Å²) in [4.78, 5) is 20.1. The molecule has 104 valence electrons. The fraction of sp³-hybridized carbons (Fsp3) is 0.615. The Morgan fingerprint density at radius 1 is 1.53 bits per heavy atom. The fourth-order valence-electron chi connectivity index (χ4n) is 2.24. The summed E-state index contributed by atoms with van der Waals surface area (Å²) >= 11 is 3.26. The average molecular weight is 329 g/mol. The van der Waals surface area contributed by atoms with Crippen LogP contribution in [0.1, 0.15) is 31.9 Å². The third kappa shape index (κ3) is 3.65. The number of esters is 1. The van der Waals surface area contributed by atoms with Crippen molar-refractivity contribution >= 4 is 21.9 Å². The lowest BCUT2D eigenvalue weighted by molar-refractivity contribution is -0.147. The van der Waals surface area contributed by atoms with Gasteiger partial charge in [-0.3, -0.25) is 4.79 Å². The molecule has 0 bridgehead atoms. The van der Waals surface area contributed by atoms with Gasteiger partial charge in [0.05, 0.1) is 18.7 Å². The van der Waals surface area contributed by atoms with Gasteiger partial charge in [-0.1, -0.05) is 0 Å². The molecule has 1 aliphatic carbocycles. The summed E-state index contributed by atoms with van der Waals surface area (Å²) in [6.45, 7) is 4.10. The van der Waals surface area contributed by atoms with Crippen molar-refractivity contribution in [3.05, 3.63) is 16.5 Å². The number of hydrogen-bond donors (Lipinski definition) is 0. The van der Waals surface area contributed by atoms with Crippen LogP contribution in [0.25, 0.3) is 0 Å². The van der Waals surface area contributed by atoms with Gasteiger partial charge in [-0.05, 0) is 49.0 Å². The van der Waals surface area contributed by atoms with E-state index < -0.39 is 0 Å². The lowest BCUT2D eigenvalue weighted by Crippen LogP contribution is -2.18. The van der Waals surface area contributed by atoms with E-state index in [1.165, 1.54) is 0 Å². The number of hydrogen-bond acceptors (Lipinski definition) is 5. The summed E-state index contributed by atoms with van der Waals surface area (Å²) < 4.78 is 11.5. The molecule has 1 saturated carbocycles. The molecule has 2 atom stereocenters. The van der Waals surface area contributed by atoms with Crippen LogP contribution in [0.15, 0.2) is 10.8 Å². The lowest BCUT2D eigenvalue weighted by atomic mass is 10.1. The molecule has 5 nitrogen and oxygen atoms in total. The molecular weight excluding hydrogens is 312 g/mol. The number of aromatic nitrogens is 2. The monoisotopic (exact) mass is 328 g/mol. The van der Waals surface area contributed by atoms with Gasteiger partial charge in [-0.25, -0.2) is 9.97 Å². The highest BCUT2D eigenvalue weighted by molar-refractivity contribution is 9.10. The number of ether oxygens (including phenoxy) is 2. The molecule has 0 N–H and O–H groups in total. The number of nitrogens with zero attached hydrogens (tertiary/aromatic N) is 2. The van der Waals surface area contributed by atoms with Crippen LogP contribution in [0, 0.1) is 12.8 Å². The van der Waals surface area contributed by atoms with Crippen molar-refractivity contribution in [3.63, 3.8) is 0 Å². The fourth-order valence-corrected chi connectivity index (χ4v) is 2.61. The second-order valence-electron chi connectivity index (χ2n) is 4.59. The number of carbonyl (C=O) groups excluding carboxylic acids is 1. The molecule has 1 fully saturated rings. The first-order valence-corrected chi connectivity index (χ1v) is 7.22. The molecule has 1 aliphatic rings. The molecule has 0 aromatic carbocycles. The normalized spacial score (nSPS) is 22.3. The van der Waals surface area contributed by atoms with Crippen molar-refractivity contribution in [2.24, 2.45) is 5.92 Å². The summed E-state index contributed by atoms with van der Waals surface area (Å²) in [6, 6.07) is 0. The Morgan fingerprint density at radius 2 is 2.32 bits per heavy atom. The van der Waals surface area contributed by atoms with E-state index >= 15 is 0 Å². The summed E-state index contributed by atoms with van der Waals surface area (Å²) in [6.07, 6.45) is 3.98. The molecule has 1 aromatic rings. The Labute approximate surface area is 120 Å². The van der Waals surface area contributed by atoms with E-state index in [9.17, 15) is 4.79 Å². The van der Waals surface area contributed by atoms with E-state index in [0.717, 1.165) is 18.5 Å². The molecular formula is C13H17BrN2O3. The minimum atomic E-state index is -0.118. The molecule has 2 rings (SSSR count). The topological polar surface area (TPSA) is 61.3 Å². The van der Waals surface area contributed by atoms with E-state index in [2.05, 4.69) is 25.9 Å². The van der Waals surface area contributed by atoms with Crippen molar-refractivity contribution < 1.29 is 14.3 Å². The molecule has 0 spiro atoms. The van der Waals surface area contributed by atoms with E-state index in [4.69, 9.17) is 9.47 Å². The number of aryl methyl sites for hydroxylation is 1. The van der Waals surface area contributed by atoms with E-state index in [0.29, 0.717) is 23.5 Å². The van der Waals surface area contributed by atoms with Crippen LogP contribution in [0.4, 0.5) is 0 Å². The van der Waals surface area contributed by atoms with E-state index in [-0.39, 0.29) is 18.0 Å². The van der Waals surface area contributed by atoms with Gasteiger partial charge in [-0.2, -0.15) is 0 Å². The van der Waals surface area contributed by atoms with Crippen molar-refractivity contribution in [1.29, 1.82) is 0 Å². The van der Waals surface area contributed by atoms with Crippen LogP contribution < -0.4 is 4.74 Å². The highest BCUT2D eigenvalue weighted by atomic mass is 79.9. The van der Waals surface area contributed by atoms with Crippen LogP contribution >= 0.6 is 15.9 Å². The van der Waals surface area contributed by atoms with Crippen LogP contribution in [-0.2, 0) is 9.53 Å². The zero-order valence-electron chi connectivity index (χ0n) is 11.1. The Morgan fingerprint density at radius 3 is 3.00 bits per heavy atom. The predicted octanol–water partition coefficient (Wildman–Crippen LogP) is 2.66. The molecule has 19 heavy (non-hydrogen) atoms. The highest BCUT2D eigenvalue weighted by Gasteiger charge is 2.32. The highest BCUT2D eigenvalue weighted by Crippen LogP contribution is 2.30. The van der Waals surface area contributed by atoms with Gasteiger partial charge in [0.15, 0.2) is 0 Å². The molecule has 1 heterocycles. The zero-order valence-corrected chi connectivity index (χ0v) is 12.6. The first-order chi connectivity index (χ1) is 9.10. The smallest absolute Gasteiger partial charge is 0.309 e. The summed E-state index contributed by atoms with van der Waals surface area (Å²) in [5.74, 6) is 0.374. The van der Waals surface area contributed by atoms with Gasteiger partial charge in [-0.15, -0.1) is 0 Å². The summed E-state index contributed by atoms with van der Waals surface area (Å²) in [5, 5.41) is 0. The molecule has 0 amide bonds. The van der Waals surface area contributed by atoms with Gasteiger partial charge >= 0.3 is 5.97 Å². The quantitative estimate of drug-likeness (QED) is 0.795. The van der Waals surface area contributed by atoms with Crippen molar-refractivity contribution in [3.8, 4) is 5.88 Å². The molecule has 0 saturated heterocycles. The molecule has 1 aromatic heterocycles. The van der Waals surface area contributed by atoms with Crippen molar-refractivity contribution in [2.45, 2.75) is 39.2 Å². The third-order valence-corrected chi connectivity index (χ3v) is 3.54. The third-order valence-electron chi connectivity index (χ3n) is 3.16. The standard InChI is InChI=1S/C13H17BrN2O3/c1-3-18-13(17)9-4-5-10(6-9)19-12-8(2)16-11(14)7-15-12/h7,9-10H,3-6H2,1-2H3/t9-,10-/m0/s1.